The number of hydrogen-bond donors (Lipinski definition) is 2. The molecule has 7 heteroatoms. The molecule has 0 radical (unpaired) electrons. The number of benzene rings is 1. The standard InChI is InChI=1S/C11H17ClN2O3S/c1-8(2)17-6-7-18(15,16)14-11-9(12)4-3-5-10(11)13/h3-5,8,14H,6-7,13H2,1-2H3. The molecule has 0 fully saturated rings. The van der Waals surface area contributed by atoms with E-state index in [4.69, 9.17) is 22.1 Å². The molecule has 5 nitrogen and oxygen atoms in total. The van der Waals surface area contributed by atoms with Crippen molar-refractivity contribution < 1.29 is 13.2 Å². The van der Waals surface area contributed by atoms with Gasteiger partial charge < -0.3 is 10.5 Å². The highest BCUT2D eigenvalue weighted by Gasteiger charge is 2.14. The third kappa shape index (κ3) is 4.72. The van der Waals surface area contributed by atoms with Gasteiger partial charge in [-0.3, -0.25) is 4.72 Å². The van der Waals surface area contributed by atoms with Crippen LogP contribution in [0.3, 0.4) is 0 Å². The van der Waals surface area contributed by atoms with E-state index >= 15 is 0 Å². The van der Waals surface area contributed by atoms with Crippen LogP contribution in [0.25, 0.3) is 0 Å². The number of sulfonamides is 1. The minimum absolute atomic E-state index is 0.00872. The van der Waals surface area contributed by atoms with Crippen molar-refractivity contribution >= 4 is 33.0 Å². The average Bonchev–Trinajstić information content (AvgIpc) is 2.23. The number of rotatable bonds is 6. The van der Waals surface area contributed by atoms with E-state index in [1.165, 1.54) is 0 Å². The summed E-state index contributed by atoms with van der Waals surface area (Å²) < 4.78 is 31.1. The molecule has 0 heterocycles. The summed E-state index contributed by atoms with van der Waals surface area (Å²) in [6.07, 6.45) is -0.00872. The van der Waals surface area contributed by atoms with Crippen LogP contribution in [0.15, 0.2) is 18.2 Å². The highest BCUT2D eigenvalue weighted by molar-refractivity contribution is 7.92. The van der Waals surface area contributed by atoms with Crippen molar-refractivity contribution in [2.45, 2.75) is 20.0 Å². The monoisotopic (exact) mass is 292 g/mol. The van der Waals surface area contributed by atoms with Crippen molar-refractivity contribution in [3.05, 3.63) is 23.2 Å². The van der Waals surface area contributed by atoms with Crippen molar-refractivity contribution in [2.75, 3.05) is 22.8 Å². The molecule has 0 spiro atoms. The van der Waals surface area contributed by atoms with E-state index < -0.39 is 10.0 Å². The minimum atomic E-state index is -3.51. The number of anilines is 2. The van der Waals surface area contributed by atoms with Gasteiger partial charge in [0.2, 0.25) is 10.0 Å². The maximum Gasteiger partial charge on any atom is 0.235 e. The molecular weight excluding hydrogens is 276 g/mol. The number of nitrogens with one attached hydrogen (secondary N) is 1. The minimum Gasteiger partial charge on any atom is -0.397 e. The van der Waals surface area contributed by atoms with E-state index in [0.29, 0.717) is 0 Å². The molecule has 0 bridgehead atoms. The lowest BCUT2D eigenvalue weighted by atomic mass is 10.3. The lowest BCUT2D eigenvalue weighted by molar-refractivity contribution is 0.0913. The van der Waals surface area contributed by atoms with Crippen molar-refractivity contribution in [3.8, 4) is 0 Å². The van der Waals surface area contributed by atoms with E-state index in [-0.39, 0.29) is 34.9 Å². The predicted octanol–water partition coefficient (Wildman–Crippen LogP) is 2.09. The fourth-order valence-corrected chi connectivity index (χ4v) is 2.49. The van der Waals surface area contributed by atoms with E-state index in [0.717, 1.165) is 0 Å². The topological polar surface area (TPSA) is 81.4 Å². The van der Waals surface area contributed by atoms with E-state index in [1.54, 1.807) is 18.2 Å². The van der Waals surface area contributed by atoms with Crippen LogP contribution < -0.4 is 10.5 Å². The lowest BCUT2D eigenvalue weighted by Gasteiger charge is -2.12. The second-order valence-corrected chi connectivity index (χ2v) is 6.29. The van der Waals surface area contributed by atoms with Gasteiger partial charge in [0.1, 0.15) is 0 Å². The Morgan fingerprint density at radius 3 is 2.67 bits per heavy atom. The fraction of sp³-hybridized carbons (Fsp3) is 0.455. The van der Waals surface area contributed by atoms with Crippen LogP contribution in [0.1, 0.15) is 13.8 Å². The molecule has 0 aliphatic heterocycles. The quantitative estimate of drug-likeness (QED) is 0.787. The normalized spacial score (nSPS) is 11.8. The first-order valence-electron chi connectivity index (χ1n) is 5.48. The molecule has 0 unspecified atom stereocenters. The van der Waals surface area contributed by atoms with Crippen LogP contribution in [0, 0.1) is 0 Å². The SMILES string of the molecule is CC(C)OCCS(=O)(=O)Nc1c(N)cccc1Cl. The Hall–Kier alpha value is -0.980. The first kappa shape index (κ1) is 15.1. The Balaban J connectivity index is 2.71. The molecule has 1 aromatic rings. The summed E-state index contributed by atoms with van der Waals surface area (Å²) >= 11 is 5.88. The number of ether oxygens (including phenoxy) is 1. The van der Waals surface area contributed by atoms with Gasteiger partial charge in [-0.05, 0) is 26.0 Å². The molecular formula is C11H17ClN2O3S. The summed E-state index contributed by atoms with van der Waals surface area (Å²) in [4.78, 5) is 0. The predicted molar refractivity (Wildman–Crippen MR) is 74.4 cm³/mol. The van der Waals surface area contributed by atoms with Crippen LogP contribution >= 0.6 is 11.6 Å². The van der Waals surface area contributed by atoms with Gasteiger partial charge in [-0.15, -0.1) is 0 Å². The number of nitrogens with two attached hydrogens (primary N) is 1. The second kappa shape index (κ2) is 6.26. The fourth-order valence-electron chi connectivity index (χ4n) is 1.25. The smallest absolute Gasteiger partial charge is 0.235 e. The Morgan fingerprint density at radius 2 is 2.11 bits per heavy atom. The zero-order valence-electron chi connectivity index (χ0n) is 10.3. The van der Waals surface area contributed by atoms with Crippen molar-refractivity contribution in [2.24, 2.45) is 0 Å². The van der Waals surface area contributed by atoms with Crippen molar-refractivity contribution in [3.63, 3.8) is 0 Å². The number of para-hydroxylation sites is 1. The van der Waals surface area contributed by atoms with E-state index in [1.807, 2.05) is 13.8 Å². The molecule has 0 aliphatic carbocycles. The number of nitrogen functional groups attached to an aromatic ring is 1. The summed E-state index contributed by atoms with van der Waals surface area (Å²) in [5.41, 5.74) is 6.16. The molecule has 0 amide bonds. The van der Waals surface area contributed by atoms with Gasteiger partial charge in [0, 0.05) is 0 Å². The Bertz CT molecular complexity index is 483. The molecule has 1 aromatic carbocycles. The highest BCUT2D eigenvalue weighted by Crippen LogP contribution is 2.28. The molecule has 102 valence electrons. The molecule has 0 saturated carbocycles. The maximum absolute atomic E-state index is 11.8. The first-order valence-corrected chi connectivity index (χ1v) is 7.51. The lowest BCUT2D eigenvalue weighted by Crippen LogP contribution is -2.22. The molecule has 1 rings (SSSR count). The molecule has 0 aromatic heterocycles. The summed E-state index contributed by atoms with van der Waals surface area (Å²) in [7, 11) is -3.51. The molecule has 0 atom stereocenters. The molecule has 18 heavy (non-hydrogen) atoms. The van der Waals surface area contributed by atoms with Crippen molar-refractivity contribution in [1.29, 1.82) is 0 Å². The summed E-state index contributed by atoms with van der Waals surface area (Å²) in [6.45, 7) is 3.80. The summed E-state index contributed by atoms with van der Waals surface area (Å²) in [6, 6.07) is 4.80. The summed E-state index contributed by atoms with van der Waals surface area (Å²) in [5, 5.41) is 0.267. The first-order chi connectivity index (χ1) is 8.32. The highest BCUT2D eigenvalue weighted by atomic mass is 35.5. The van der Waals surface area contributed by atoms with Gasteiger partial charge in [-0.1, -0.05) is 17.7 Å². The van der Waals surface area contributed by atoms with Gasteiger partial charge in [0.25, 0.3) is 0 Å². The Kier molecular flexibility index (Phi) is 5.25. The van der Waals surface area contributed by atoms with Crippen molar-refractivity contribution in [1.82, 2.24) is 0 Å². The van der Waals surface area contributed by atoms with Gasteiger partial charge in [0.05, 0.1) is 34.9 Å². The molecule has 3 N–H and O–H groups in total. The van der Waals surface area contributed by atoms with Gasteiger partial charge in [0.15, 0.2) is 0 Å². The van der Waals surface area contributed by atoms with Gasteiger partial charge >= 0.3 is 0 Å². The van der Waals surface area contributed by atoms with E-state index in [9.17, 15) is 8.42 Å². The molecule has 0 saturated heterocycles. The third-order valence-electron chi connectivity index (χ3n) is 2.11. The van der Waals surface area contributed by atoms with Gasteiger partial charge in [-0.25, -0.2) is 8.42 Å². The van der Waals surface area contributed by atoms with Crippen LogP contribution in [-0.2, 0) is 14.8 Å². The van der Waals surface area contributed by atoms with E-state index in [2.05, 4.69) is 4.72 Å². The van der Waals surface area contributed by atoms with Crippen LogP contribution in [0.5, 0.6) is 0 Å². The maximum atomic E-state index is 11.8. The summed E-state index contributed by atoms with van der Waals surface area (Å²) in [5.74, 6) is -0.143. The number of hydrogen-bond acceptors (Lipinski definition) is 4. The number of halogens is 1. The Labute approximate surface area is 112 Å². The zero-order chi connectivity index (χ0) is 13.8. The average molecular weight is 293 g/mol. The third-order valence-corrected chi connectivity index (χ3v) is 3.64. The zero-order valence-corrected chi connectivity index (χ0v) is 11.9. The molecule has 0 aliphatic rings. The van der Waals surface area contributed by atoms with Crippen LogP contribution in [0.4, 0.5) is 11.4 Å². The largest absolute Gasteiger partial charge is 0.397 e. The van der Waals surface area contributed by atoms with Crippen LogP contribution in [-0.4, -0.2) is 26.9 Å². The second-order valence-electron chi connectivity index (χ2n) is 4.04. The van der Waals surface area contributed by atoms with Gasteiger partial charge in [-0.2, -0.15) is 0 Å². The Morgan fingerprint density at radius 1 is 1.44 bits per heavy atom. The van der Waals surface area contributed by atoms with Crippen LogP contribution in [0.2, 0.25) is 5.02 Å².